The number of ketones is 1. The largest absolute Gasteiger partial charge is 0.445 e. The van der Waals surface area contributed by atoms with Crippen LogP contribution in [0.3, 0.4) is 0 Å². The molecule has 1 aromatic carbocycles. The van der Waals surface area contributed by atoms with Crippen LogP contribution < -0.4 is 32.3 Å². The Balaban J connectivity index is 0.692. The lowest BCUT2D eigenvalue weighted by Gasteiger charge is -2.47. The maximum atomic E-state index is 14.5. The van der Waals surface area contributed by atoms with Crippen molar-refractivity contribution < 1.29 is 110 Å². The van der Waals surface area contributed by atoms with E-state index in [-0.39, 0.29) is 158 Å². The number of alkyl carbamates (subject to hydrolysis) is 1. The molecule has 1 aromatic rings. The summed E-state index contributed by atoms with van der Waals surface area (Å²) < 4.78 is 70.0. The SMILES string of the molecule is C=C1CC2CC[C@]34C[C@@H](O)C(O3)C3CC(O4)[C@H]4OC(CCC4O3)CC(=O)CC3[C@@H](OC)C(CC(O)CNC(=O)OCc4ccc(NC(=O)C(CCCNC(N)=O)NC(=O)[C@@H](NC(=O)CCOCCOCCC(=O)ON5C(=O)CCC5=O)C(C)C)cc4)O[C@H]3CC3OC(CCC1O2)C[C@@H](C)C3=C. The third-order valence-corrected chi connectivity index (χ3v) is 20.8. The van der Waals surface area contributed by atoms with Crippen LogP contribution in [-0.4, -0.2) is 225 Å². The van der Waals surface area contributed by atoms with Crippen LogP contribution in [0.1, 0.15) is 155 Å². The van der Waals surface area contributed by atoms with Crippen molar-refractivity contribution in [2.75, 3.05) is 51.9 Å². The molecule has 1 spiro atoms. The van der Waals surface area contributed by atoms with Crippen LogP contribution in [-0.2, 0) is 97.1 Å². The summed E-state index contributed by atoms with van der Waals surface area (Å²) in [7, 11) is 1.57. The number of carbonyl (C=O) groups excluding carboxylic acids is 9. The third kappa shape index (κ3) is 20.9. The lowest BCUT2D eigenvalue weighted by Crippen LogP contribution is -2.58. The van der Waals surface area contributed by atoms with Crippen molar-refractivity contribution in [2.24, 2.45) is 23.5 Å². The Hall–Kier alpha value is -6.55. The number of primary amides is 1. The first-order valence-corrected chi connectivity index (χ1v) is 36.0. The van der Waals surface area contributed by atoms with Gasteiger partial charge in [-0.1, -0.05) is 46.1 Å². The second kappa shape index (κ2) is 35.8. The number of hydroxylamine groups is 2. The monoisotopic (exact) mass is 1420 g/mol. The summed E-state index contributed by atoms with van der Waals surface area (Å²) in [6.07, 6.45) is -0.717. The number of ether oxygens (including phenoxy) is 11. The number of imide groups is 1. The number of methoxy groups -OCH3 is 1. The average molecular weight is 1420 g/mol. The number of Topliss-reactive ketones (excluding diaryl/α,β-unsaturated/α-hetero) is 1. The quantitative estimate of drug-likeness (QED) is 0.0352. The average Bonchev–Trinajstić information content (AvgIpc) is 1.61. The van der Waals surface area contributed by atoms with E-state index in [1.54, 1.807) is 45.2 Å². The van der Waals surface area contributed by atoms with Gasteiger partial charge in [0.15, 0.2) is 5.79 Å². The molecule has 9 N–H and O–H groups in total. The molecule has 0 saturated carbocycles. The summed E-state index contributed by atoms with van der Waals surface area (Å²) in [4.78, 5) is 120. The van der Waals surface area contributed by atoms with Crippen LogP contribution in [0.2, 0.25) is 0 Å². The first-order chi connectivity index (χ1) is 48.4. The van der Waals surface area contributed by atoms with Crippen molar-refractivity contribution in [1.82, 2.24) is 26.3 Å². The molecule has 8 amide bonds. The molecule has 10 rings (SSSR count). The normalized spacial score (nSPS) is 32.7. The molecule has 9 heterocycles. The Morgan fingerprint density at radius 3 is 2.21 bits per heavy atom. The number of nitrogens with zero attached hydrogens (tertiary/aromatic N) is 1. The zero-order valence-corrected chi connectivity index (χ0v) is 58.4. The van der Waals surface area contributed by atoms with E-state index in [1.807, 2.05) is 0 Å². The molecular formula is C71H103N7O23. The minimum absolute atomic E-state index is 0.0209. The topological polar surface area (TPSA) is 394 Å². The maximum Gasteiger partial charge on any atom is 0.407 e. The molecule has 30 nitrogen and oxygen atoms in total. The second-order valence-electron chi connectivity index (χ2n) is 28.7. The van der Waals surface area contributed by atoms with Gasteiger partial charge in [0.25, 0.3) is 11.8 Å². The molecule has 560 valence electrons. The molecule has 20 atom stereocenters. The number of hydrogen-bond acceptors (Lipinski definition) is 23. The van der Waals surface area contributed by atoms with Crippen LogP contribution in [0, 0.1) is 17.8 Å². The highest BCUT2D eigenvalue weighted by molar-refractivity contribution is 6.01. The standard InChI is InChI=1S/C71H103N7O23/c1-38(2)63(77-59(82)20-24-91-26-27-92-25-21-62(85)101-78-60(83)17-18-61(78)84)68(87)76-50(8-7-23-73-69(72)88)67(86)75-43-11-9-42(10-12-43)37-93-70(89)74-36-45(80)32-56-64(90-6)49-31-44(79)30-47-14-16-53-66(96-47)58-34-57(97-53)65-51(81)35-71(99-58,100-65)22-19-48-29-40(4)52(94-48)15-13-46-28-39(3)41(5)54(95-46)33-55(49)98-56/h9-12,38-39,45-58,63-66,80-81H,4-5,7-8,13-37H2,1-3,6H3,(H,74,89)(H,75,86)(H,76,87)(H,77,82)(H3,72,73,88)/t39-,45?,46?,47?,48?,49?,50?,51-,52?,53?,54?,55+,56?,57?,58?,63+,64-,65?,66+,71-/m1/s1. The Bertz CT molecular complexity index is 3090. The van der Waals surface area contributed by atoms with Gasteiger partial charge in [0.2, 0.25) is 17.7 Å². The second-order valence-corrected chi connectivity index (χ2v) is 28.7. The summed E-state index contributed by atoms with van der Waals surface area (Å²) in [5.74, 6) is -5.48. The number of amides is 8. The fourth-order valence-corrected chi connectivity index (χ4v) is 15.4. The van der Waals surface area contributed by atoms with Crippen LogP contribution >= 0.6 is 0 Å². The van der Waals surface area contributed by atoms with Gasteiger partial charge in [0.1, 0.15) is 36.7 Å². The fourth-order valence-electron chi connectivity index (χ4n) is 15.4. The van der Waals surface area contributed by atoms with Gasteiger partial charge in [-0.2, -0.15) is 0 Å². The summed E-state index contributed by atoms with van der Waals surface area (Å²) in [5.41, 5.74) is 8.13. The molecule has 10 bridgehead atoms. The van der Waals surface area contributed by atoms with Crippen molar-refractivity contribution in [2.45, 2.75) is 265 Å². The zero-order chi connectivity index (χ0) is 72.1. The van der Waals surface area contributed by atoms with Crippen molar-refractivity contribution in [1.29, 1.82) is 0 Å². The van der Waals surface area contributed by atoms with E-state index < -0.39 is 126 Å². The van der Waals surface area contributed by atoms with E-state index in [2.05, 4.69) is 46.7 Å². The van der Waals surface area contributed by atoms with Gasteiger partial charge < -0.3 is 99.5 Å². The van der Waals surface area contributed by atoms with Crippen molar-refractivity contribution in [3.05, 3.63) is 54.1 Å². The highest BCUT2D eigenvalue weighted by Crippen LogP contribution is 2.49. The van der Waals surface area contributed by atoms with Crippen molar-refractivity contribution >= 4 is 59.1 Å². The summed E-state index contributed by atoms with van der Waals surface area (Å²) in [6.45, 7) is 14.3. The molecule has 0 radical (unpaired) electrons. The summed E-state index contributed by atoms with van der Waals surface area (Å²) in [6, 6.07) is 3.48. The number of carbonyl (C=O) groups is 9. The highest BCUT2D eigenvalue weighted by Gasteiger charge is 2.60. The molecule has 30 heteroatoms. The minimum atomic E-state index is -1.13. The molecular weight excluding hydrogens is 1320 g/mol. The van der Waals surface area contributed by atoms with Crippen molar-refractivity contribution in [3.8, 4) is 0 Å². The Morgan fingerprint density at radius 1 is 0.752 bits per heavy atom. The van der Waals surface area contributed by atoms with E-state index in [4.69, 9.17) is 62.7 Å². The van der Waals surface area contributed by atoms with Crippen molar-refractivity contribution in [3.63, 3.8) is 0 Å². The van der Waals surface area contributed by atoms with Crippen LogP contribution in [0.5, 0.6) is 0 Å². The number of aliphatic hydroxyl groups excluding tert-OH is 2. The third-order valence-electron chi connectivity index (χ3n) is 20.8. The van der Waals surface area contributed by atoms with Gasteiger partial charge in [-0.3, -0.25) is 28.8 Å². The number of rotatable bonds is 27. The molecule has 9 fully saturated rings. The van der Waals surface area contributed by atoms with Crippen LogP contribution in [0.15, 0.2) is 48.6 Å². The molecule has 0 aliphatic carbocycles. The number of nitrogens with two attached hydrogens (primary N) is 1. The first-order valence-electron chi connectivity index (χ1n) is 36.0. The lowest BCUT2D eigenvalue weighted by molar-refractivity contribution is -0.277. The number of urea groups is 1. The molecule has 101 heavy (non-hydrogen) atoms. The number of benzene rings is 1. The van der Waals surface area contributed by atoms with E-state index in [0.717, 1.165) is 30.4 Å². The number of anilines is 1. The Kier molecular flexibility index (Phi) is 27.3. The lowest BCUT2D eigenvalue weighted by atomic mass is 9.81. The minimum Gasteiger partial charge on any atom is -0.445 e. The number of aliphatic hydroxyl groups is 2. The van der Waals surface area contributed by atoms with E-state index in [9.17, 15) is 53.4 Å². The van der Waals surface area contributed by atoms with Gasteiger partial charge in [-0.15, -0.1) is 5.06 Å². The van der Waals surface area contributed by atoms with Crippen LogP contribution in [0.25, 0.3) is 0 Å². The number of nitrogens with one attached hydrogen (secondary N) is 5. The Labute approximate surface area is 588 Å². The number of hydrogen-bond donors (Lipinski definition) is 8. The van der Waals surface area contributed by atoms with Gasteiger partial charge in [-0.05, 0) is 98.5 Å². The van der Waals surface area contributed by atoms with Gasteiger partial charge >= 0.3 is 18.1 Å². The van der Waals surface area contributed by atoms with Gasteiger partial charge in [-0.25, -0.2) is 14.4 Å². The van der Waals surface area contributed by atoms with E-state index in [1.165, 1.54) is 0 Å². The van der Waals surface area contributed by atoms with E-state index >= 15 is 0 Å². The molecule has 9 aliphatic heterocycles. The van der Waals surface area contributed by atoms with Gasteiger partial charge in [0.05, 0.1) is 112 Å². The predicted molar refractivity (Wildman–Crippen MR) is 356 cm³/mol. The number of fused-ring (bicyclic) bond motifs is 9. The van der Waals surface area contributed by atoms with E-state index in [0.29, 0.717) is 67.7 Å². The predicted octanol–water partition coefficient (Wildman–Crippen LogP) is 3.82. The molecule has 9 saturated heterocycles. The van der Waals surface area contributed by atoms with Crippen LogP contribution in [0.4, 0.5) is 15.3 Å². The highest BCUT2D eigenvalue weighted by atomic mass is 16.7. The fraction of sp³-hybridized carbons (Fsp3) is 0.732. The smallest absolute Gasteiger partial charge is 0.407 e. The summed E-state index contributed by atoms with van der Waals surface area (Å²) in [5, 5.41) is 36.6. The maximum absolute atomic E-state index is 14.5. The molecule has 13 unspecified atom stereocenters. The first kappa shape index (κ1) is 77.1. The van der Waals surface area contributed by atoms with Gasteiger partial charge in [0, 0.05) is 96.0 Å². The zero-order valence-electron chi connectivity index (χ0n) is 58.4. The molecule has 9 aliphatic rings. The Morgan fingerprint density at radius 2 is 1.48 bits per heavy atom. The molecule has 0 aromatic heterocycles. The summed E-state index contributed by atoms with van der Waals surface area (Å²) >= 11 is 0.